The quantitative estimate of drug-likeness (QED) is 0.0211. The number of carboxylic acid groups (broad SMARTS) is 1. The lowest BCUT2D eigenvalue weighted by Crippen LogP contribution is -2.40. The zero-order chi connectivity index (χ0) is 62.6. The van der Waals surface area contributed by atoms with Gasteiger partial charge >= 0.3 is 17.9 Å². The molecule has 1 N–H and O–H groups in total. The lowest BCUT2D eigenvalue weighted by atomic mass is 10.0. The van der Waals surface area contributed by atoms with Crippen LogP contribution in [-0.4, -0.2) is 87.4 Å². The van der Waals surface area contributed by atoms with Gasteiger partial charge in [-0.15, -0.1) is 0 Å². The third-order valence-electron chi connectivity index (χ3n) is 16.8. The Morgan fingerprint density at radius 2 is 0.663 bits per heavy atom. The molecule has 0 aliphatic heterocycles. The van der Waals surface area contributed by atoms with E-state index in [9.17, 15) is 19.5 Å². The van der Waals surface area contributed by atoms with Gasteiger partial charge in [0.2, 0.25) is 0 Å². The number of ether oxygens (including phenoxy) is 4. The number of nitrogens with zero attached hydrogens (tertiary/aromatic N) is 1. The van der Waals surface area contributed by atoms with Crippen molar-refractivity contribution in [2.75, 3.05) is 47.5 Å². The molecule has 0 aliphatic carbocycles. The standard InChI is InChI=1S/C77H143NO8/c1-6-8-10-12-14-16-18-20-22-24-26-28-30-31-32-33-34-35-36-37-38-39-40-41-42-43-44-45-46-48-50-52-54-56-58-60-62-64-66-68-75(80)86-73(72-85-77(76(81)82)83-70-69-78(3,4)5)71-84-74(79)67-65-63-61-59-57-55-53-51-49-47-29-27-25-23-21-19-17-15-13-11-9-7-2/h8,10,14,16,20,22,26,28,73,77H,6-7,9,11-13,15,17-19,21,23-25,27,29-72H2,1-5H3/p+1/b10-8-,16-14-,22-20-,28-26-. The Balaban J connectivity index is 3.96. The molecule has 86 heavy (non-hydrogen) atoms. The molecule has 0 bridgehead atoms. The molecule has 0 fully saturated rings. The average molecular weight is 1210 g/mol. The number of allylic oxidation sites excluding steroid dienone is 8. The number of esters is 2. The van der Waals surface area contributed by atoms with Crippen LogP contribution in [0.5, 0.6) is 0 Å². The number of rotatable bonds is 70. The molecule has 0 radical (unpaired) electrons. The van der Waals surface area contributed by atoms with Gasteiger partial charge in [0.25, 0.3) is 6.29 Å². The van der Waals surface area contributed by atoms with Gasteiger partial charge in [-0.2, -0.15) is 0 Å². The minimum Gasteiger partial charge on any atom is -0.477 e. The lowest BCUT2D eigenvalue weighted by molar-refractivity contribution is -0.870. The van der Waals surface area contributed by atoms with E-state index < -0.39 is 18.4 Å². The molecule has 0 spiro atoms. The summed E-state index contributed by atoms with van der Waals surface area (Å²) in [5.74, 6) is -1.97. The van der Waals surface area contributed by atoms with Crippen LogP contribution in [-0.2, 0) is 33.3 Å². The molecule has 2 unspecified atom stereocenters. The van der Waals surface area contributed by atoms with Crippen LogP contribution in [0.1, 0.15) is 367 Å². The van der Waals surface area contributed by atoms with E-state index in [1.54, 1.807) is 0 Å². The third kappa shape index (κ3) is 68.7. The van der Waals surface area contributed by atoms with Crippen molar-refractivity contribution in [2.45, 2.75) is 379 Å². The van der Waals surface area contributed by atoms with Crippen LogP contribution in [0.3, 0.4) is 0 Å². The number of quaternary nitrogens is 1. The number of carbonyl (C=O) groups excluding carboxylic acids is 2. The number of carbonyl (C=O) groups is 3. The topological polar surface area (TPSA) is 108 Å². The SMILES string of the molecule is CC/C=C\C/C=C\C/C=C\C/C=C\CCCCCCCCCCCCCCCCCCCCCCCCCCCCC(=O)OC(COC(=O)CCCCCCCCCCCCCCCCCCCCCCCC)COC(OCC[N+](C)(C)C)C(=O)O. The minimum absolute atomic E-state index is 0.175. The van der Waals surface area contributed by atoms with Crippen molar-refractivity contribution >= 4 is 17.9 Å². The van der Waals surface area contributed by atoms with Gasteiger partial charge < -0.3 is 28.5 Å². The van der Waals surface area contributed by atoms with E-state index in [-0.39, 0.29) is 38.2 Å². The Labute approximate surface area is 533 Å². The molecule has 0 aliphatic rings. The first-order chi connectivity index (χ1) is 42.1. The first-order valence-corrected chi connectivity index (χ1v) is 37.3. The molecule has 0 rings (SSSR count). The number of carboxylic acids is 1. The van der Waals surface area contributed by atoms with E-state index in [0.717, 1.165) is 64.2 Å². The van der Waals surface area contributed by atoms with Crippen molar-refractivity contribution < 1.29 is 42.9 Å². The van der Waals surface area contributed by atoms with E-state index in [0.29, 0.717) is 17.4 Å². The molecule has 0 aromatic rings. The van der Waals surface area contributed by atoms with Crippen LogP contribution < -0.4 is 0 Å². The molecule has 0 saturated heterocycles. The highest BCUT2D eigenvalue weighted by molar-refractivity contribution is 5.71. The van der Waals surface area contributed by atoms with E-state index >= 15 is 0 Å². The van der Waals surface area contributed by atoms with Crippen molar-refractivity contribution in [3.05, 3.63) is 48.6 Å². The summed E-state index contributed by atoms with van der Waals surface area (Å²) in [5.41, 5.74) is 0. The molecular weight excluding hydrogens is 1070 g/mol. The number of hydrogen-bond acceptors (Lipinski definition) is 7. The molecule has 0 amide bonds. The van der Waals surface area contributed by atoms with E-state index in [1.165, 1.54) is 276 Å². The normalized spacial score (nSPS) is 12.9. The van der Waals surface area contributed by atoms with Gasteiger partial charge in [0.15, 0.2) is 6.10 Å². The number of unbranched alkanes of at least 4 members (excludes halogenated alkanes) is 47. The molecule has 9 nitrogen and oxygen atoms in total. The second-order valence-electron chi connectivity index (χ2n) is 26.6. The molecule has 2 atom stereocenters. The summed E-state index contributed by atoms with van der Waals surface area (Å²) >= 11 is 0. The molecule has 9 heteroatoms. The number of likely N-dealkylation sites (N-methyl/N-ethyl adjacent to an activating group) is 1. The Kier molecular flexibility index (Phi) is 66.0. The van der Waals surface area contributed by atoms with Crippen molar-refractivity contribution in [3.63, 3.8) is 0 Å². The van der Waals surface area contributed by atoms with Crippen molar-refractivity contribution in [1.82, 2.24) is 0 Å². The third-order valence-corrected chi connectivity index (χ3v) is 16.8. The predicted molar refractivity (Wildman–Crippen MR) is 369 cm³/mol. The molecule has 0 aromatic heterocycles. The number of aliphatic carboxylic acids is 1. The molecule has 504 valence electrons. The first-order valence-electron chi connectivity index (χ1n) is 37.3. The maximum absolute atomic E-state index is 13.0. The van der Waals surface area contributed by atoms with E-state index in [2.05, 4.69) is 62.5 Å². The zero-order valence-corrected chi connectivity index (χ0v) is 57.7. The van der Waals surface area contributed by atoms with Crippen LogP contribution in [0.4, 0.5) is 0 Å². The van der Waals surface area contributed by atoms with Gasteiger partial charge in [-0.3, -0.25) is 9.59 Å². The largest absolute Gasteiger partial charge is 0.477 e. The zero-order valence-electron chi connectivity index (χ0n) is 57.7. The Bertz CT molecular complexity index is 1550. The smallest absolute Gasteiger partial charge is 0.361 e. The van der Waals surface area contributed by atoms with Gasteiger partial charge in [0.1, 0.15) is 13.2 Å². The van der Waals surface area contributed by atoms with Crippen molar-refractivity contribution in [3.8, 4) is 0 Å². The second kappa shape index (κ2) is 68.2. The van der Waals surface area contributed by atoms with Crippen LogP contribution in [0.25, 0.3) is 0 Å². The van der Waals surface area contributed by atoms with Crippen LogP contribution in [0.2, 0.25) is 0 Å². The second-order valence-corrected chi connectivity index (χ2v) is 26.6. The lowest BCUT2D eigenvalue weighted by Gasteiger charge is -2.25. The highest BCUT2D eigenvalue weighted by Crippen LogP contribution is 2.19. The maximum Gasteiger partial charge on any atom is 0.361 e. The molecule has 0 saturated carbocycles. The Morgan fingerprint density at radius 3 is 0.988 bits per heavy atom. The van der Waals surface area contributed by atoms with Gasteiger partial charge in [-0.25, -0.2) is 4.79 Å². The summed E-state index contributed by atoms with van der Waals surface area (Å²) in [6, 6.07) is 0. The van der Waals surface area contributed by atoms with Crippen LogP contribution >= 0.6 is 0 Å². The van der Waals surface area contributed by atoms with E-state index in [4.69, 9.17) is 18.9 Å². The molecule has 0 heterocycles. The average Bonchev–Trinajstić information content (AvgIpc) is 3.63. The van der Waals surface area contributed by atoms with Crippen LogP contribution in [0, 0.1) is 0 Å². The molecule has 0 aromatic carbocycles. The first kappa shape index (κ1) is 83.2. The summed E-state index contributed by atoms with van der Waals surface area (Å²) < 4.78 is 23.0. The fourth-order valence-electron chi connectivity index (χ4n) is 11.2. The fraction of sp³-hybridized carbons (Fsp3) is 0.857. The fourth-order valence-corrected chi connectivity index (χ4v) is 11.2. The van der Waals surface area contributed by atoms with Gasteiger partial charge in [0.05, 0.1) is 34.4 Å². The van der Waals surface area contributed by atoms with Gasteiger partial charge in [-0.1, -0.05) is 351 Å². The van der Waals surface area contributed by atoms with E-state index in [1.807, 2.05) is 21.1 Å². The molecular formula is C77H144NO8+. The maximum atomic E-state index is 13.0. The number of hydrogen-bond donors (Lipinski definition) is 1. The summed E-state index contributed by atoms with van der Waals surface area (Å²) in [6.07, 6.45) is 85.4. The summed E-state index contributed by atoms with van der Waals surface area (Å²) in [4.78, 5) is 37.6. The van der Waals surface area contributed by atoms with Gasteiger partial charge in [-0.05, 0) is 51.4 Å². The van der Waals surface area contributed by atoms with Crippen molar-refractivity contribution in [2.24, 2.45) is 0 Å². The van der Waals surface area contributed by atoms with Crippen LogP contribution in [0.15, 0.2) is 48.6 Å². The predicted octanol–water partition coefficient (Wildman–Crippen LogP) is 23.3. The van der Waals surface area contributed by atoms with Crippen molar-refractivity contribution in [1.29, 1.82) is 0 Å². The Morgan fingerprint density at radius 1 is 0.360 bits per heavy atom. The Hall–Kier alpha value is -2.75. The summed E-state index contributed by atoms with van der Waals surface area (Å²) in [5, 5.41) is 9.75. The summed E-state index contributed by atoms with van der Waals surface area (Å²) in [7, 11) is 5.99. The minimum atomic E-state index is -1.51. The monoisotopic (exact) mass is 1210 g/mol. The highest BCUT2D eigenvalue weighted by atomic mass is 16.7. The highest BCUT2D eigenvalue weighted by Gasteiger charge is 2.25. The summed E-state index contributed by atoms with van der Waals surface area (Å²) in [6.45, 7) is 4.84. The van der Waals surface area contributed by atoms with Gasteiger partial charge in [0, 0.05) is 12.8 Å².